The number of thioether (sulfide) groups is 1. The second-order valence-electron chi connectivity index (χ2n) is 6.50. The van der Waals surface area contributed by atoms with Gasteiger partial charge in [-0.25, -0.2) is 4.79 Å². The zero-order chi connectivity index (χ0) is 19.3. The average Bonchev–Trinajstić information content (AvgIpc) is 2.94. The van der Waals surface area contributed by atoms with Crippen LogP contribution in [-0.4, -0.2) is 54.3 Å². The monoisotopic (exact) mass is 380 g/mol. The van der Waals surface area contributed by atoms with Crippen LogP contribution >= 0.6 is 11.8 Å². The summed E-state index contributed by atoms with van der Waals surface area (Å²) in [6, 6.07) is 7.72. The van der Waals surface area contributed by atoms with Gasteiger partial charge in [0, 0.05) is 4.75 Å². The van der Waals surface area contributed by atoms with Crippen molar-refractivity contribution in [1.29, 1.82) is 0 Å². The zero-order valence-corrected chi connectivity index (χ0v) is 16.1. The first kappa shape index (κ1) is 20.3. The molecule has 0 bridgehead atoms. The molecule has 0 radical (unpaired) electrons. The van der Waals surface area contributed by atoms with E-state index in [0.29, 0.717) is 0 Å². The molecule has 1 amide bonds. The highest BCUT2D eigenvalue weighted by atomic mass is 32.2. The van der Waals surface area contributed by atoms with E-state index in [0.717, 1.165) is 5.56 Å². The second-order valence-corrected chi connectivity index (χ2v) is 8.29. The number of amides is 1. The van der Waals surface area contributed by atoms with Crippen LogP contribution in [-0.2, 0) is 30.3 Å². The van der Waals surface area contributed by atoms with Gasteiger partial charge in [-0.3, -0.25) is 14.9 Å². The van der Waals surface area contributed by atoms with Crippen LogP contribution in [0, 0.1) is 0 Å². The maximum Gasteiger partial charge on any atom is 0.330 e. The van der Waals surface area contributed by atoms with Crippen molar-refractivity contribution in [2.75, 3.05) is 14.2 Å². The highest BCUT2D eigenvalue weighted by molar-refractivity contribution is 8.01. The molecular weight excluding hydrogens is 356 g/mol. The van der Waals surface area contributed by atoms with Crippen LogP contribution in [0.4, 0.5) is 0 Å². The Kier molecular flexibility index (Phi) is 6.66. The van der Waals surface area contributed by atoms with Crippen molar-refractivity contribution < 1.29 is 23.9 Å². The fourth-order valence-corrected chi connectivity index (χ4v) is 4.29. The van der Waals surface area contributed by atoms with E-state index in [1.165, 1.54) is 26.0 Å². The molecule has 0 spiro atoms. The van der Waals surface area contributed by atoms with Crippen LogP contribution in [0.5, 0.6) is 0 Å². The fourth-order valence-electron chi connectivity index (χ4n) is 2.82. The fraction of sp³-hybridized carbons (Fsp3) is 0.500. The molecule has 1 aliphatic heterocycles. The number of rotatable bonds is 6. The summed E-state index contributed by atoms with van der Waals surface area (Å²) < 4.78 is 9.16. The van der Waals surface area contributed by atoms with Crippen molar-refractivity contribution in [2.45, 2.75) is 42.5 Å². The SMILES string of the molecule is COC(=O)[C@H](NC(=O)Cc1ccccc1)[C@H]1N[C@@H](C(=O)OC)C(C)(C)S1. The lowest BCUT2D eigenvalue weighted by Gasteiger charge is -2.23. The molecule has 1 saturated heterocycles. The summed E-state index contributed by atoms with van der Waals surface area (Å²) in [5.74, 6) is -1.28. The summed E-state index contributed by atoms with van der Waals surface area (Å²) >= 11 is 1.39. The number of carbonyl (C=O) groups excluding carboxylic acids is 3. The van der Waals surface area contributed by atoms with Crippen LogP contribution in [0.2, 0.25) is 0 Å². The first-order chi connectivity index (χ1) is 12.3. The normalized spacial score (nSPS) is 22.3. The molecule has 1 aromatic rings. The number of carbonyl (C=O) groups is 3. The van der Waals surface area contributed by atoms with E-state index in [1.54, 1.807) is 0 Å². The highest BCUT2D eigenvalue weighted by Gasteiger charge is 2.50. The number of benzene rings is 1. The van der Waals surface area contributed by atoms with Crippen LogP contribution in [0.1, 0.15) is 19.4 Å². The summed E-state index contributed by atoms with van der Waals surface area (Å²) in [4.78, 5) is 36.6. The number of esters is 2. The Balaban J connectivity index is 2.11. The van der Waals surface area contributed by atoms with Gasteiger partial charge in [-0.05, 0) is 19.4 Å². The average molecular weight is 380 g/mol. The standard InChI is InChI=1S/C18H24N2O5S/c1-18(2)14(17(23)25-4)20-15(26-18)13(16(22)24-3)19-12(21)10-11-8-6-5-7-9-11/h5-9,13-15,20H,10H2,1-4H3,(H,19,21)/t13-,14+,15+/m1/s1. The van der Waals surface area contributed by atoms with Crippen molar-refractivity contribution >= 4 is 29.6 Å². The van der Waals surface area contributed by atoms with E-state index in [4.69, 9.17) is 9.47 Å². The Bertz CT molecular complexity index is 665. The maximum atomic E-state index is 12.4. The summed E-state index contributed by atoms with van der Waals surface area (Å²) in [6.07, 6.45) is 0.148. The lowest BCUT2D eigenvalue weighted by Crippen LogP contribution is -2.54. The van der Waals surface area contributed by atoms with Gasteiger partial charge >= 0.3 is 11.9 Å². The molecule has 3 atom stereocenters. The minimum Gasteiger partial charge on any atom is -0.468 e. The van der Waals surface area contributed by atoms with Crippen LogP contribution in [0.25, 0.3) is 0 Å². The van der Waals surface area contributed by atoms with E-state index in [1.807, 2.05) is 44.2 Å². The van der Waals surface area contributed by atoms with Gasteiger partial charge < -0.3 is 14.8 Å². The third kappa shape index (κ3) is 4.76. The number of hydrogen-bond acceptors (Lipinski definition) is 7. The maximum absolute atomic E-state index is 12.4. The van der Waals surface area contributed by atoms with Gasteiger partial charge in [-0.1, -0.05) is 30.3 Å². The molecule has 1 aliphatic rings. The molecule has 7 nitrogen and oxygen atoms in total. The van der Waals surface area contributed by atoms with E-state index < -0.39 is 34.1 Å². The van der Waals surface area contributed by atoms with Gasteiger partial charge in [0.25, 0.3) is 0 Å². The van der Waals surface area contributed by atoms with Gasteiger partial charge in [-0.15, -0.1) is 11.8 Å². The molecule has 0 saturated carbocycles. The molecule has 8 heteroatoms. The molecule has 1 aromatic carbocycles. The molecule has 0 unspecified atom stereocenters. The van der Waals surface area contributed by atoms with Crippen molar-refractivity contribution in [3.63, 3.8) is 0 Å². The Morgan fingerprint density at radius 1 is 1.19 bits per heavy atom. The number of nitrogens with one attached hydrogen (secondary N) is 2. The largest absolute Gasteiger partial charge is 0.468 e. The van der Waals surface area contributed by atoms with Gasteiger partial charge in [0.05, 0.1) is 26.0 Å². The molecule has 2 rings (SSSR count). The van der Waals surface area contributed by atoms with Gasteiger partial charge in [-0.2, -0.15) is 0 Å². The number of ether oxygens (including phenoxy) is 2. The van der Waals surface area contributed by atoms with Crippen molar-refractivity contribution in [2.24, 2.45) is 0 Å². The first-order valence-electron chi connectivity index (χ1n) is 8.21. The van der Waals surface area contributed by atoms with E-state index in [9.17, 15) is 14.4 Å². The van der Waals surface area contributed by atoms with Crippen LogP contribution in [0.15, 0.2) is 30.3 Å². The molecule has 26 heavy (non-hydrogen) atoms. The summed E-state index contributed by atoms with van der Waals surface area (Å²) in [7, 11) is 2.58. The quantitative estimate of drug-likeness (QED) is 0.707. The van der Waals surface area contributed by atoms with E-state index in [-0.39, 0.29) is 12.3 Å². The third-order valence-electron chi connectivity index (χ3n) is 4.18. The van der Waals surface area contributed by atoms with Crippen molar-refractivity contribution in [3.05, 3.63) is 35.9 Å². The molecule has 2 N–H and O–H groups in total. The predicted molar refractivity (Wildman–Crippen MR) is 98.5 cm³/mol. The smallest absolute Gasteiger partial charge is 0.330 e. The highest BCUT2D eigenvalue weighted by Crippen LogP contribution is 2.39. The molecular formula is C18H24N2O5S. The lowest BCUT2D eigenvalue weighted by molar-refractivity contribution is -0.146. The summed E-state index contributed by atoms with van der Waals surface area (Å²) in [5, 5.41) is 5.30. The minimum atomic E-state index is -0.921. The third-order valence-corrected chi connectivity index (χ3v) is 5.68. The van der Waals surface area contributed by atoms with Crippen molar-refractivity contribution in [3.8, 4) is 0 Å². The van der Waals surface area contributed by atoms with E-state index in [2.05, 4.69) is 10.6 Å². The molecule has 142 valence electrons. The molecule has 0 aromatic heterocycles. The minimum absolute atomic E-state index is 0.148. The molecule has 1 fully saturated rings. The lowest BCUT2D eigenvalue weighted by atomic mass is 10.0. The molecule has 0 aliphatic carbocycles. The first-order valence-corrected chi connectivity index (χ1v) is 9.09. The summed E-state index contributed by atoms with van der Waals surface area (Å²) in [5.41, 5.74) is 0.841. The van der Waals surface area contributed by atoms with Crippen LogP contribution in [0.3, 0.4) is 0 Å². The predicted octanol–water partition coefficient (Wildman–Crippen LogP) is 0.870. The molecule has 1 heterocycles. The van der Waals surface area contributed by atoms with Gasteiger partial charge in [0.2, 0.25) is 5.91 Å². The Morgan fingerprint density at radius 3 is 2.42 bits per heavy atom. The summed E-state index contributed by atoms with van der Waals surface area (Å²) in [6.45, 7) is 3.76. The van der Waals surface area contributed by atoms with Crippen molar-refractivity contribution in [1.82, 2.24) is 10.6 Å². The Morgan fingerprint density at radius 2 is 1.85 bits per heavy atom. The Labute approximate surface area is 157 Å². The van der Waals surface area contributed by atoms with Gasteiger partial charge in [0.1, 0.15) is 6.04 Å². The topological polar surface area (TPSA) is 93.7 Å². The Hall–Kier alpha value is -2.06. The van der Waals surface area contributed by atoms with E-state index >= 15 is 0 Å². The number of methoxy groups -OCH3 is 2. The number of hydrogen-bond donors (Lipinski definition) is 2. The zero-order valence-electron chi connectivity index (χ0n) is 15.3. The van der Waals surface area contributed by atoms with Crippen LogP contribution < -0.4 is 10.6 Å². The van der Waals surface area contributed by atoms with Gasteiger partial charge in [0.15, 0.2) is 6.04 Å². The second kappa shape index (κ2) is 8.55.